The number of carbonyl (C=O) groups is 3. The summed E-state index contributed by atoms with van der Waals surface area (Å²) in [6.07, 6.45) is -6.61. The Morgan fingerprint density at radius 1 is 1.12 bits per heavy atom. The van der Waals surface area contributed by atoms with Crippen LogP contribution in [-0.2, 0) is 33.8 Å². The summed E-state index contributed by atoms with van der Waals surface area (Å²) in [6, 6.07) is 7.24. The summed E-state index contributed by atoms with van der Waals surface area (Å²) < 4.78 is 90.2. The molecule has 0 aromatic heterocycles. The molecule has 2 aromatic carbocycles. The van der Waals surface area contributed by atoms with E-state index in [0.29, 0.717) is 26.3 Å². The number of imide groups is 1. The monoisotopic (exact) mass is 458 g/mol. The number of nitrogens with zero attached hydrogens (tertiary/aromatic N) is 2. The van der Waals surface area contributed by atoms with Crippen LogP contribution in [0.4, 0.5) is 5.69 Å². The molecule has 5 rings (SSSR count). The molecule has 2 aromatic rings. The fourth-order valence-electron chi connectivity index (χ4n) is 3.69. The van der Waals surface area contributed by atoms with Crippen LogP contribution in [0.1, 0.15) is 53.5 Å². The average Bonchev–Trinajstić information content (AvgIpc) is 3.14. The molecule has 3 amide bonds. The molecule has 0 bridgehead atoms. The zero-order valence-corrected chi connectivity index (χ0v) is 17.5. The molecule has 1 unspecified atom stereocenters. The van der Waals surface area contributed by atoms with Gasteiger partial charge in [0, 0.05) is 64.0 Å². The molecule has 1 atom stereocenters. The first-order valence-electron chi connectivity index (χ1n) is 15.4. The predicted molar refractivity (Wildman–Crippen MR) is 122 cm³/mol. The van der Waals surface area contributed by atoms with Crippen molar-refractivity contribution in [3.05, 3.63) is 64.7 Å². The lowest BCUT2D eigenvalue weighted by Gasteiger charge is -2.29. The van der Waals surface area contributed by atoms with Crippen molar-refractivity contribution in [3.63, 3.8) is 0 Å². The van der Waals surface area contributed by atoms with Crippen LogP contribution in [0.5, 0.6) is 0 Å². The lowest BCUT2D eigenvalue weighted by atomic mass is 10.0. The summed E-state index contributed by atoms with van der Waals surface area (Å²) in [5, 5.41) is 4.27. The van der Waals surface area contributed by atoms with Crippen molar-refractivity contribution in [1.82, 2.24) is 15.1 Å². The number of hydrogen-bond acceptors (Lipinski definition) is 6. The van der Waals surface area contributed by atoms with Crippen molar-refractivity contribution in [1.29, 1.82) is 0 Å². The summed E-state index contributed by atoms with van der Waals surface area (Å²) in [7, 11) is 0. The van der Waals surface area contributed by atoms with Crippen LogP contribution in [-0.4, -0.2) is 59.9 Å². The summed E-state index contributed by atoms with van der Waals surface area (Å²) in [5.74, 6) is -4.11. The maximum Gasteiger partial charge on any atom is 0.255 e. The standard InChI is InChI=1S/C25H28N4O4/c30-23-8-7-22(24(31)27-23)29-16-20-19(25(29)32)5-2-6-21(20)26-14-17-3-1-4-18(13-17)15-28-9-11-33-12-10-28/h1-6,13,22,26H,7-12,14-16H2,(H,27,30,31)/i7D2,8D2,14D2,15D2,16D2. The Bertz CT molecular complexity index is 1500. The van der Waals surface area contributed by atoms with Crippen molar-refractivity contribution in [3.8, 4) is 0 Å². The molecule has 3 aliphatic heterocycles. The maximum atomic E-state index is 13.5. The third-order valence-electron chi connectivity index (χ3n) is 5.31. The van der Waals surface area contributed by atoms with E-state index in [-0.39, 0.29) is 27.3 Å². The number of fused-ring (bicyclic) bond motifs is 1. The second kappa shape index (κ2) is 9.33. The molecule has 0 spiro atoms. The Labute approximate surface area is 206 Å². The van der Waals surface area contributed by atoms with Gasteiger partial charge in [-0.25, -0.2) is 0 Å². The zero-order chi connectivity index (χ0) is 31.8. The zero-order valence-electron chi connectivity index (χ0n) is 27.5. The van der Waals surface area contributed by atoms with Gasteiger partial charge in [0.05, 0.1) is 18.7 Å². The van der Waals surface area contributed by atoms with E-state index in [1.54, 1.807) is 10.2 Å². The van der Waals surface area contributed by atoms with Gasteiger partial charge in [0.15, 0.2) is 0 Å². The van der Waals surface area contributed by atoms with Crippen LogP contribution in [0, 0.1) is 0 Å². The Balaban J connectivity index is 1.50. The largest absolute Gasteiger partial charge is 0.381 e. The first kappa shape index (κ1) is 12.9. The van der Waals surface area contributed by atoms with E-state index in [9.17, 15) is 14.4 Å². The number of rotatable bonds is 6. The van der Waals surface area contributed by atoms with Crippen molar-refractivity contribution >= 4 is 23.4 Å². The highest BCUT2D eigenvalue weighted by Gasteiger charge is 2.39. The van der Waals surface area contributed by atoms with Gasteiger partial charge in [-0.05, 0) is 29.6 Å². The van der Waals surface area contributed by atoms with Crippen molar-refractivity contribution in [2.45, 2.75) is 38.3 Å². The molecule has 172 valence electrons. The van der Waals surface area contributed by atoms with E-state index in [1.807, 2.05) is 0 Å². The van der Waals surface area contributed by atoms with Crippen LogP contribution in [0.15, 0.2) is 42.5 Å². The minimum atomic E-state index is -3.32. The van der Waals surface area contributed by atoms with Gasteiger partial charge in [-0.15, -0.1) is 0 Å². The second-order valence-electron chi connectivity index (χ2n) is 7.55. The molecule has 3 heterocycles. The van der Waals surface area contributed by atoms with E-state index >= 15 is 0 Å². The molecule has 0 aliphatic carbocycles. The smallest absolute Gasteiger partial charge is 0.255 e. The molecule has 0 radical (unpaired) electrons. The van der Waals surface area contributed by atoms with E-state index in [2.05, 4.69) is 5.32 Å². The lowest BCUT2D eigenvalue weighted by Crippen LogP contribution is -2.52. The number of amides is 3. The van der Waals surface area contributed by atoms with Gasteiger partial charge in [-0.1, -0.05) is 30.3 Å². The molecule has 2 fully saturated rings. The van der Waals surface area contributed by atoms with E-state index in [0.717, 1.165) is 0 Å². The summed E-state index contributed by atoms with van der Waals surface area (Å²) in [5.41, 5.74) is -0.757. The minimum Gasteiger partial charge on any atom is -0.381 e. The van der Waals surface area contributed by atoms with Gasteiger partial charge in [0.2, 0.25) is 11.8 Å². The number of anilines is 1. The summed E-state index contributed by atoms with van der Waals surface area (Å²) >= 11 is 0. The number of hydrogen-bond donors (Lipinski definition) is 2. The Hall–Kier alpha value is -3.23. The van der Waals surface area contributed by atoms with E-state index < -0.39 is 61.6 Å². The second-order valence-corrected chi connectivity index (χ2v) is 7.55. The van der Waals surface area contributed by atoms with Crippen LogP contribution < -0.4 is 10.6 Å². The number of morpholine rings is 1. The maximum absolute atomic E-state index is 13.5. The van der Waals surface area contributed by atoms with Gasteiger partial charge in [0.25, 0.3) is 5.91 Å². The molecule has 2 N–H and O–H groups in total. The van der Waals surface area contributed by atoms with Gasteiger partial charge >= 0.3 is 0 Å². The third kappa shape index (κ3) is 4.62. The number of ether oxygens (including phenoxy) is 1. The fraction of sp³-hybridized carbons (Fsp3) is 0.400. The lowest BCUT2D eigenvalue weighted by molar-refractivity contribution is -0.136. The molecule has 8 heteroatoms. The van der Waals surface area contributed by atoms with Gasteiger partial charge in [-0.2, -0.15) is 0 Å². The fourth-order valence-corrected chi connectivity index (χ4v) is 3.69. The van der Waals surface area contributed by atoms with Gasteiger partial charge < -0.3 is 15.0 Å². The Morgan fingerprint density at radius 3 is 2.76 bits per heavy atom. The summed E-state index contributed by atoms with van der Waals surface area (Å²) in [6.45, 7) is -5.96. The number of benzene rings is 2. The first-order valence-corrected chi connectivity index (χ1v) is 10.4. The minimum absolute atomic E-state index is 0.00354. The van der Waals surface area contributed by atoms with Gasteiger partial charge in [-0.3, -0.25) is 24.6 Å². The summed E-state index contributed by atoms with van der Waals surface area (Å²) in [4.78, 5) is 40.2. The SMILES string of the molecule is [2H]C([2H])(Nc1cccc2c1C([2H])([2H])N(C1C(=O)NC(=O)C([2H])([2H])C1([2H])[2H])C2=O)c1cccc(C([2H])([2H])N2CCOCC2)c1. The molecular formula is C25H28N4O4. The topological polar surface area (TPSA) is 91.0 Å². The molecule has 8 nitrogen and oxygen atoms in total. The number of piperidine rings is 1. The van der Waals surface area contributed by atoms with Crippen LogP contribution >= 0.6 is 0 Å². The number of carbonyl (C=O) groups excluding carboxylic acids is 3. The predicted octanol–water partition coefficient (Wildman–Crippen LogP) is 1.89. The number of nitrogens with one attached hydrogen (secondary N) is 2. The third-order valence-corrected chi connectivity index (χ3v) is 5.31. The van der Waals surface area contributed by atoms with Crippen LogP contribution in [0.3, 0.4) is 0 Å². The first-order chi connectivity index (χ1) is 19.8. The van der Waals surface area contributed by atoms with Crippen molar-refractivity contribution in [2.24, 2.45) is 0 Å². The Kier molecular flexibility index (Phi) is 3.64. The molecule has 0 saturated carbocycles. The van der Waals surface area contributed by atoms with E-state index in [1.165, 1.54) is 42.5 Å². The highest BCUT2D eigenvalue weighted by atomic mass is 16.5. The highest BCUT2D eigenvalue weighted by molar-refractivity contribution is 6.06. The molecule has 3 aliphatic rings. The quantitative estimate of drug-likeness (QED) is 0.643. The van der Waals surface area contributed by atoms with Crippen LogP contribution in [0.2, 0.25) is 0 Å². The molecule has 33 heavy (non-hydrogen) atoms. The van der Waals surface area contributed by atoms with Gasteiger partial charge in [0.1, 0.15) is 6.04 Å². The highest BCUT2D eigenvalue weighted by Crippen LogP contribution is 2.32. The van der Waals surface area contributed by atoms with Crippen molar-refractivity contribution < 1.29 is 32.8 Å². The van der Waals surface area contributed by atoms with E-state index in [4.69, 9.17) is 18.4 Å². The van der Waals surface area contributed by atoms with Crippen molar-refractivity contribution in [2.75, 3.05) is 31.6 Å². The average molecular weight is 459 g/mol. The normalized spacial score (nSPS) is 31.1. The molecule has 2 saturated heterocycles. The van der Waals surface area contributed by atoms with Crippen LogP contribution in [0.25, 0.3) is 0 Å². The molecular weight excluding hydrogens is 420 g/mol. The Morgan fingerprint density at radius 2 is 1.91 bits per heavy atom.